The van der Waals surface area contributed by atoms with Crippen LogP contribution in [0.25, 0.3) is 0 Å². The summed E-state index contributed by atoms with van der Waals surface area (Å²) in [6.07, 6.45) is 1.95. The minimum atomic E-state index is -0.400. The van der Waals surface area contributed by atoms with Crippen LogP contribution in [-0.2, 0) is 4.79 Å². The van der Waals surface area contributed by atoms with Gasteiger partial charge < -0.3 is 20.2 Å². The van der Waals surface area contributed by atoms with E-state index in [0.29, 0.717) is 12.5 Å². The van der Waals surface area contributed by atoms with E-state index in [1.165, 1.54) is 12.8 Å². The van der Waals surface area contributed by atoms with Gasteiger partial charge in [-0.2, -0.15) is 0 Å². The Morgan fingerprint density at radius 2 is 2.00 bits per heavy atom. The number of piperidine rings is 1. The van der Waals surface area contributed by atoms with Gasteiger partial charge >= 0.3 is 0 Å². The lowest BCUT2D eigenvalue weighted by Gasteiger charge is -2.34. The number of likely N-dealkylation sites (N-methyl/N-ethyl adjacent to an activating group) is 1. The van der Waals surface area contributed by atoms with Crippen LogP contribution in [0.1, 0.15) is 31.4 Å². The Morgan fingerprint density at radius 1 is 1.33 bits per heavy atom. The Kier molecular flexibility index (Phi) is 7.69. The maximum absolute atomic E-state index is 10.9. The van der Waals surface area contributed by atoms with Gasteiger partial charge in [0.05, 0.1) is 6.10 Å². The molecule has 24 heavy (non-hydrogen) atoms. The van der Waals surface area contributed by atoms with E-state index in [4.69, 9.17) is 0 Å². The molecule has 5 nitrogen and oxygen atoms in total. The molecular weight excluding hydrogens is 302 g/mol. The Labute approximate surface area is 145 Å². The van der Waals surface area contributed by atoms with E-state index in [2.05, 4.69) is 22.2 Å². The van der Waals surface area contributed by atoms with E-state index in [-0.39, 0.29) is 5.91 Å². The predicted octanol–water partition coefficient (Wildman–Crippen LogP) is 1.50. The number of hydrogen-bond donors (Lipinski definition) is 2. The van der Waals surface area contributed by atoms with Crippen LogP contribution in [0, 0.1) is 5.92 Å². The summed E-state index contributed by atoms with van der Waals surface area (Å²) >= 11 is 0. The van der Waals surface area contributed by atoms with Crippen molar-refractivity contribution in [3.05, 3.63) is 35.9 Å². The van der Waals surface area contributed by atoms with Crippen LogP contribution in [0.3, 0.4) is 0 Å². The lowest BCUT2D eigenvalue weighted by Crippen LogP contribution is -2.41. The average Bonchev–Trinajstić information content (AvgIpc) is 2.57. The number of carbonyl (C=O) groups excluding carboxylic acids is 1. The number of β-amino-alcohol motifs (C(OH)–C–C–N with tert-alkyl or cyclic N) is 1. The summed E-state index contributed by atoms with van der Waals surface area (Å²) in [5.41, 5.74) is 0.998. The van der Waals surface area contributed by atoms with Gasteiger partial charge in [0.15, 0.2) is 0 Å². The first kappa shape index (κ1) is 18.9. The molecule has 0 saturated carbocycles. The number of carbonyl (C=O) groups is 1. The summed E-state index contributed by atoms with van der Waals surface area (Å²) < 4.78 is 0. The lowest BCUT2D eigenvalue weighted by molar-refractivity contribution is -0.119. The number of nitrogens with zero attached hydrogens (tertiary/aromatic N) is 2. The molecule has 0 spiro atoms. The number of likely N-dealkylation sites (tertiary alicyclic amines) is 1. The molecule has 0 bridgehead atoms. The second kappa shape index (κ2) is 9.77. The average molecular weight is 333 g/mol. The number of aliphatic hydroxyl groups is 1. The zero-order valence-electron chi connectivity index (χ0n) is 14.9. The first-order chi connectivity index (χ1) is 11.5. The molecule has 134 valence electrons. The van der Waals surface area contributed by atoms with Gasteiger partial charge in [0.1, 0.15) is 0 Å². The standard InChI is InChI=1S/C19H31N3O2/c1-16(23)20-10-13-21(2)14-17-8-11-22(12-9-17)15-19(24)18-6-4-3-5-7-18/h3-7,17,19,24H,8-15H2,1-2H3,(H,20,23). The van der Waals surface area contributed by atoms with Crippen molar-refractivity contribution in [3.8, 4) is 0 Å². The molecule has 2 N–H and O–H groups in total. The van der Waals surface area contributed by atoms with Crippen LogP contribution in [0.15, 0.2) is 30.3 Å². The van der Waals surface area contributed by atoms with Crippen LogP contribution in [0.4, 0.5) is 0 Å². The Hall–Kier alpha value is -1.43. The Bertz CT molecular complexity index is 487. The van der Waals surface area contributed by atoms with Crippen molar-refractivity contribution < 1.29 is 9.90 Å². The van der Waals surface area contributed by atoms with Gasteiger partial charge in [-0.3, -0.25) is 4.79 Å². The lowest BCUT2D eigenvalue weighted by atomic mass is 9.95. The van der Waals surface area contributed by atoms with Crippen molar-refractivity contribution >= 4 is 5.91 Å². The zero-order valence-corrected chi connectivity index (χ0v) is 14.9. The minimum absolute atomic E-state index is 0.0358. The topological polar surface area (TPSA) is 55.8 Å². The van der Waals surface area contributed by atoms with E-state index >= 15 is 0 Å². The summed E-state index contributed by atoms with van der Waals surface area (Å²) in [7, 11) is 2.12. The van der Waals surface area contributed by atoms with Gasteiger partial charge in [-0.25, -0.2) is 0 Å². The number of amides is 1. The quantitative estimate of drug-likeness (QED) is 0.757. The summed E-state index contributed by atoms with van der Waals surface area (Å²) in [6, 6.07) is 9.90. The van der Waals surface area contributed by atoms with E-state index in [0.717, 1.165) is 38.3 Å². The molecule has 5 heteroatoms. The second-order valence-electron chi connectivity index (χ2n) is 6.92. The van der Waals surface area contributed by atoms with Gasteiger partial charge in [-0.1, -0.05) is 30.3 Å². The van der Waals surface area contributed by atoms with E-state index < -0.39 is 6.10 Å². The number of benzene rings is 1. The number of aliphatic hydroxyl groups excluding tert-OH is 1. The molecule has 0 aliphatic carbocycles. The predicted molar refractivity (Wildman–Crippen MR) is 96.7 cm³/mol. The SMILES string of the molecule is CC(=O)NCCN(C)CC1CCN(CC(O)c2ccccc2)CC1. The summed E-state index contributed by atoms with van der Waals surface area (Å²) in [4.78, 5) is 15.6. The highest BCUT2D eigenvalue weighted by atomic mass is 16.3. The second-order valence-corrected chi connectivity index (χ2v) is 6.92. The van der Waals surface area contributed by atoms with Crippen LogP contribution < -0.4 is 5.32 Å². The zero-order chi connectivity index (χ0) is 17.4. The molecule has 0 radical (unpaired) electrons. The smallest absolute Gasteiger partial charge is 0.216 e. The normalized spacial score (nSPS) is 17.8. The molecule has 1 aliphatic heterocycles. The molecule has 1 heterocycles. The molecule has 1 unspecified atom stereocenters. The van der Waals surface area contributed by atoms with Crippen molar-refractivity contribution in [1.82, 2.24) is 15.1 Å². The first-order valence-corrected chi connectivity index (χ1v) is 8.93. The highest BCUT2D eigenvalue weighted by Gasteiger charge is 2.22. The molecule has 1 atom stereocenters. The Balaban J connectivity index is 1.65. The number of hydrogen-bond acceptors (Lipinski definition) is 4. The molecule has 1 aliphatic rings. The van der Waals surface area contributed by atoms with Gasteiger partial charge in [-0.15, -0.1) is 0 Å². The fourth-order valence-corrected chi connectivity index (χ4v) is 3.33. The van der Waals surface area contributed by atoms with Crippen LogP contribution in [-0.4, -0.2) is 67.1 Å². The number of rotatable bonds is 8. The van der Waals surface area contributed by atoms with E-state index in [9.17, 15) is 9.90 Å². The van der Waals surface area contributed by atoms with Gasteiger partial charge in [0, 0.05) is 33.1 Å². The third kappa shape index (κ3) is 6.59. The van der Waals surface area contributed by atoms with Crippen molar-refractivity contribution in [2.45, 2.75) is 25.9 Å². The molecule has 1 aromatic carbocycles. The summed E-state index contributed by atoms with van der Waals surface area (Å²) in [6.45, 7) is 7.06. The van der Waals surface area contributed by atoms with E-state index in [1.807, 2.05) is 30.3 Å². The largest absolute Gasteiger partial charge is 0.387 e. The Morgan fingerprint density at radius 3 is 2.62 bits per heavy atom. The van der Waals surface area contributed by atoms with Crippen LogP contribution in [0.2, 0.25) is 0 Å². The fraction of sp³-hybridized carbons (Fsp3) is 0.632. The molecule has 1 fully saturated rings. The van der Waals surface area contributed by atoms with Crippen LogP contribution in [0.5, 0.6) is 0 Å². The summed E-state index contributed by atoms with van der Waals surface area (Å²) in [5.74, 6) is 0.742. The molecule has 1 saturated heterocycles. The summed E-state index contributed by atoms with van der Waals surface area (Å²) in [5, 5.41) is 13.2. The minimum Gasteiger partial charge on any atom is -0.387 e. The molecular formula is C19H31N3O2. The van der Waals surface area contributed by atoms with Gasteiger partial charge in [-0.05, 0) is 44.5 Å². The monoisotopic (exact) mass is 333 g/mol. The van der Waals surface area contributed by atoms with Crippen molar-refractivity contribution in [2.75, 3.05) is 46.3 Å². The molecule has 0 aromatic heterocycles. The third-order valence-electron chi connectivity index (χ3n) is 4.76. The fourth-order valence-electron chi connectivity index (χ4n) is 3.33. The van der Waals surface area contributed by atoms with Gasteiger partial charge in [0.25, 0.3) is 0 Å². The van der Waals surface area contributed by atoms with Crippen molar-refractivity contribution in [2.24, 2.45) is 5.92 Å². The van der Waals surface area contributed by atoms with Crippen molar-refractivity contribution in [1.29, 1.82) is 0 Å². The highest BCUT2D eigenvalue weighted by Crippen LogP contribution is 2.21. The third-order valence-corrected chi connectivity index (χ3v) is 4.76. The molecule has 1 amide bonds. The van der Waals surface area contributed by atoms with Crippen molar-refractivity contribution in [3.63, 3.8) is 0 Å². The van der Waals surface area contributed by atoms with E-state index in [1.54, 1.807) is 6.92 Å². The van der Waals surface area contributed by atoms with Gasteiger partial charge in [0.2, 0.25) is 5.91 Å². The molecule has 2 rings (SSSR count). The maximum atomic E-state index is 10.9. The maximum Gasteiger partial charge on any atom is 0.216 e. The van der Waals surface area contributed by atoms with Crippen LogP contribution >= 0.6 is 0 Å². The first-order valence-electron chi connectivity index (χ1n) is 8.93. The highest BCUT2D eigenvalue weighted by molar-refractivity contribution is 5.72. The number of nitrogens with one attached hydrogen (secondary N) is 1. The molecule has 1 aromatic rings.